The first-order valence-electron chi connectivity index (χ1n) is 3.70. The molecule has 1 aromatic rings. The van der Waals surface area contributed by atoms with Crippen LogP contribution >= 0.6 is 11.5 Å². The molecule has 0 saturated carbocycles. The van der Waals surface area contributed by atoms with Crippen LogP contribution in [0.15, 0.2) is 0 Å². The van der Waals surface area contributed by atoms with E-state index in [0.29, 0.717) is 23.5 Å². The van der Waals surface area contributed by atoms with Crippen LogP contribution in [0.25, 0.3) is 0 Å². The predicted molar refractivity (Wildman–Crippen MR) is 45.6 cm³/mol. The number of hydrogen-bond acceptors (Lipinski definition) is 6. The quantitative estimate of drug-likeness (QED) is 0.521. The summed E-state index contributed by atoms with van der Waals surface area (Å²) >= 11 is 0.973. The first kappa shape index (κ1) is 9.79. The number of aromatic nitrogens is 2. The Labute approximate surface area is 78.9 Å². The lowest BCUT2D eigenvalue weighted by Gasteiger charge is -1.97. The van der Waals surface area contributed by atoms with E-state index in [1.54, 1.807) is 6.92 Å². The largest absolute Gasteiger partial charge is 0.466 e. The number of ether oxygens (including phenoxy) is 1. The molecule has 1 aromatic heterocycles. The van der Waals surface area contributed by atoms with Crippen molar-refractivity contribution < 1.29 is 14.3 Å². The van der Waals surface area contributed by atoms with Gasteiger partial charge in [-0.15, -0.1) is 5.10 Å². The van der Waals surface area contributed by atoms with Gasteiger partial charge in [-0.2, -0.15) is 0 Å². The molecule has 0 N–H and O–H groups in total. The molecule has 0 atom stereocenters. The Morgan fingerprint density at radius 3 is 3.08 bits per heavy atom. The second-order valence-electron chi connectivity index (χ2n) is 2.18. The molecule has 0 bridgehead atoms. The van der Waals surface area contributed by atoms with Gasteiger partial charge in [-0.1, -0.05) is 4.49 Å². The van der Waals surface area contributed by atoms with Crippen LogP contribution in [0.5, 0.6) is 0 Å². The highest BCUT2D eigenvalue weighted by molar-refractivity contribution is 7.07. The fraction of sp³-hybridized carbons (Fsp3) is 0.429. The Bertz CT molecular complexity index is 310. The smallest absolute Gasteiger partial charge is 0.311 e. The Kier molecular flexibility index (Phi) is 3.51. The van der Waals surface area contributed by atoms with Crippen LogP contribution in [0.1, 0.15) is 22.3 Å². The summed E-state index contributed by atoms with van der Waals surface area (Å²) in [6.45, 7) is 2.05. The molecule has 0 fully saturated rings. The van der Waals surface area contributed by atoms with Gasteiger partial charge >= 0.3 is 5.97 Å². The molecular weight excluding hydrogens is 192 g/mol. The van der Waals surface area contributed by atoms with E-state index in [0.717, 1.165) is 11.5 Å². The third-order valence-corrected chi connectivity index (χ3v) is 2.00. The zero-order valence-electron chi connectivity index (χ0n) is 7.02. The summed E-state index contributed by atoms with van der Waals surface area (Å²) < 4.78 is 8.26. The number of rotatable bonds is 4. The van der Waals surface area contributed by atoms with Gasteiger partial charge in [-0.3, -0.25) is 9.59 Å². The van der Waals surface area contributed by atoms with Crippen molar-refractivity contribution in [2.75, 3.05) is 6.61 Å². The van der Waals surface area contributed by atoms with Gasteiger partial charge in [-0.05, 0) is 18.5 Å². The van der Waals surface area contributed by atoms with E-state index in [9.17, 15) is 9.59 Å². The van der Waals surface area contributed by atoms with Gasteiger partial charge in [0.2, 0.25) is 0 Å². The van der Waals surface area contributed by atoms with Gasteiger partial charge in [0, 0.05) is 0 Å². The minimum Gasteiger partial charge on any atom is -0.466 e. The number of nitrogens with zero attached hydrogens (tertiary/aromatic N) is 2. The van der Waals surface area contributed by atoms with Gasteiger partial charge in [-0.25, -0.2) is 0 Å². The molecule has 0 aliphatic heterocycles. The molecule has 0 aliphatic carbocycles. The lowest BCUT2D eigenvalue weighted by atomic mass is 10.3. The van der Waals surface area contributed by atoms with Crippen molar-refractivity contribution in [3.8, 4) is 0 Å². The Morgan fingerprint density at radius 2 is 2.46 bits per heavy atom. The number of carbonyl (C=O) groups is 2. The van der Waals surface area contributed by atoms with E-state index >= 15 is 0 Å². The molecule has 0 amide bonds. The third-order valence-electron chi connectivity index (χ3n) is 1.31. The zero-order valence-corrected chi connectivity index (χ0v) is 7.84. The highest BCUT2D eigenvalue weighted by atomic mass is 32.1. The van der Waals surface area contributed by atoms with Gasteiger partial charge in [0.1, 0.15) is 4.88 Å². The fourth-order valence-electron chi connectivity index (χ4n) is 0.776. The SMILES string of the molecule is CCOC(=O)Cc1nnsc1C=O. The van der Waals surface area contributed by atoms with Crippen molar-refractivity contribution in [1.29, 1.82) is 0 Å². The van der Waals surface area contributed by atoms with E-state index < -0.39 is 5.97 Å². The molecule has 0 unspecified atom stereocenters. The van der Waals surface area contributed by atoms with E-state index in [-0.39, 0.29) is 6.42 Å². The summed E-state index contributed by atoms with van der Waals surface area (Å²) in [7, 11) is 0. The van der Waals surface area contributed by atoms with Gasteiger partial charge < -0.3 is 4.74 Å². The summed E-state index contributed by atoms with van der Waals surface area (Å²) in [5.74, 6) is -0.390. The van der Waals surface area contributed by atoms with Crippen LogP contribution < -0.4 is 0 Å². The fourth-order valence-corrected chi connectivity index (χ4v) is 1.27. The summed E-state index contributed by atoms with van der Waals surface area (Å²) in [5, 5.41) is 3.65. The molecule has 0 saturated heterocycles. The molecular formula is C7H8N2O3S. The third kappa shape index (κ3) is 2.59. The maximum atomic E-state index is 11.0. The summed E-state index contributed by atoms with van der Waals surface area (Å²) in [6, 6.07) is 0. The van der Waals surface area contributed by atoms with Crippen molar-refractivity contribution in [2.24, 2.45) is 0 Å². The lowest BCUT2D eigenvalue weighted by Crippen LogP contribution is -2.08. The maximum absolute atomic E-state index is 11.0. The van der Waals surface area contributed by atoms with Crippen molar-refractivity contribution in [1.82, 2.24) is 9.59 Å². The standard InChI is InChI=1S/C7H8N2O3S/c1-2-12-7(11)3-5-6(4-10)13-9-8-5/h4H,2-3H2,1H3. The molecule has 6 heteroatoms. The van der Waals surface area contributed by atoms with E-state index in [1.165, 1.54) is 0 Å². The summed E-state index contributed by atoms with van der Waals surface area (Å²) in [4.78, 5) is 21.8. The average molecular weight is 200 g/mol. The topological polar surface area (TPSA) is 69.2 Å². The van der Waals surface area contributed by atoms with Crippen LogP contribution in [0.4, 0.5) is 0 Å². The highest BCUT2D eigenvalue weighted by Crippen LogP contribution is 2.08. The number of esters is 1. The summed E-state index contributed by atoms with van der Waals surface area (Å²) in [5.41, 5.74) is 0.387. The minimum absolute atomic E-state index is 0.0123. The molecule has 70 valence electrons. The number of aldehydes is 1. The van der Waals surface area contributed by atoms with Crippen LogP contribution in [0.3, 0.4) is 0 Å². The van der Waals surface area contributed by atoms with Crippen molar-refractivity contribution in [3.05, 3.63) is 10.6 Å². The second kappa shape index (κ2) is 4.66. The molecule has 1 rings (SSSR count). The van der Waals surface area contributed by atoms with E-state index in [2.05, 4.69) is 9.59 Å². The first-order chi connectivity index (χ1) is 6.27. The Morgan fingerprint density at radius 1 is 1.69 bits per heavy atom. The second-order valence-corrected chi connectivity index (χ2v) is 2.97. The van der Waals surface area contributed by atoms with Crippen molar-refractivity contribution in [2.45, 2.75) is 13.3 Å². The maximum Gasteiger partial charge on any atom is 0.311 e. The van der Waals surface area contributed by atoms with E-state index in [4.69, 9.17) is 4.74 Å². The predicted octanol–water partition coefficient (Wildman–Crippen LogP) is 0.456. The lowest BCUT2D eigenvalue weighted by molar-refractivity contribution is -0.142. The van der Waals surface area contributed by atoms with Crippen LogP contribution in [-0.4, -0.2) is 28.4 Å². The van der Waals surface area contributed by atoms with Crippen LogP contribution in [0, 0.1) is 0 Å². The molecule has 13 heavy (non-hydrogen) atoms. The molecule has 1 heterocycles. The average Bonchev–Trinajstić information content (AvgIpc) is 2.52. The van der Waals surface area contributed by atoms with Crippen LogP contribution in [-0.2, 0) is 16.0 Å². The molecule has 0 spiro atoms. The number of carbonyl (C=O) groups excluding carboxylic acids is 2. The van der Waals surface area contributed by atoms with Crippen molar-refractivity contribution >= 4 is 23.8 Å². The normalized spacial score (nSPS) is 9.62. The highest BCUT2D eigenvalue weighted by Gasteiger charge is 2.12. The van der Waals surface area contributed by atoms with Crippen LogP contribution in [0.2, 0.25) is 0 Å². The Balaban J connectivity index is 2.62. The number of hydrogen-bond donors (Lipinski definition) is 0. The molecule has 0 aromatic carbocycles. The molecule has 0 radical (unpaired) electrons. The monoisotopic (exact) mass is 200 g/mol. The van der Waals surface area contributed by atoms with E-state index in [1.807, 2.05) is 0 Å². The summed E-state index contributed by atoms with van der Waals surface area (Å²) in [6.07, 6.45) is 0.650. The van der Waals surface area contributed by atoms with Gasteiger partial charge in [0.15, 0.2) is 6.29 Å². The van der Waals surface area contributed by atoms with Crippen molar-refractivity contribution in [3.63, 3.8) is 0 Å². The zero-order chi connectivity index (χ0) is 9.68. The minimum atomic E-state index is -0.390. The Hall–Kier alpha value is -1.30. The first-order valence-corrected chi connectivity index (χ1v) is 4.47. The molecule has 5 nitrogen and oxygen atoms in total. The van der Waals surface area contributed by atoms with Gasteiger partial charge in [0.05, 0.1) is 18.7 Å². The molecule has 0 aliphatic rings. The van der Waals surface area contributed by atoms with Gasteiger partial charge in [0.25, 0.3) is 0 Å².